The standard InChI is InChI=1S/C7H6O2.C6H8O2/c8-7(9)6-4-2-1-3-5-6;1-2-3-4-5-6(7)8/h1-5H,(H,8,9);2-5H,1H3,(H,7,8)/b;3-2+,5-4+. The van der Waals surface area contributed by atoms with Crippen molar-refractivity contribution in [1.29, 1.82) is 0 Å². The number of carboxylic acid groups (broad SMARTS) is 2. The molecule has 0 fully saturated rings. The predicted molar refractivity (Wildman–Crippen MR) is 65.0 cm³/mol. The molecule has 17 heavy (non-hydrogen) atoms. The summed E-state index contributed by atoms with van der Waals surface area (Å²) in [6.45, 7) is 1.83. The molecule has 0 radical (unpaired) electrons. The third-order valence-electron chi connectivity index (χ3n) is 1.56. The van der Waals surface area contributed by atoms with Gasteiger partial charge in [-0.15, -0.1) is 0 Å². The molecule has 4 heteroatoms. The van der Waals surface area contributed by atoms with Gasteiger partial charge in [-0.25, -0.2) is 9.59 Å². The third-order valence-corrected chi connectivity index (χ3v) is 1.56. The molecule has 0 amide bonds. The lowest BCUT2D eigenvalue weighted by Gasteiger charge is -1.88. The molecule has 90 valence electrons. The topological polar surface area (TPSA) is 74.6 Å². The smallest absolute Gasteiger partial charge is 0.335 e. The minimum Gasteiger partial charge on any atom is -0.478 e. The first-order valence-corrected chi connectivity index (χ1v) is 4.88. The highest BCUT2D eigenvalue weighted by molar-refractivity contribution is 5.87. The van der Waals surface area contributed by atoms with Crippen molar-refractivity contribution in [2.45, 2.75) is 6.92 Å². The van der Waals surface area contributed by atoms with Crippen molar-refractivity contribution >= 4 is 11.9 Å². The second kappa shape index (κ2) is 8.91. The molecule has 1 aromatic rings. The highest BCUT2D eigenvalue weighted by Crippen LogP contribution is 1.96. The fourth-order valence-electron chi connectivity index (χ4n) is 0.830. The van der Waals surface area contributed by atoms with Gasteiger partial charge in [0, 0.05) is 6.08 Å². The number of carboxylic acids is 2. The van der Waals surface area contributed by atoms with E-state index in [1.807, 2.05) is 6.92 Å². The molecule has 0 aliphatic rings. The first kappa shape index (κ1) is 14.6. The Kier molecular flexibility index (Phi) is 7.67. The molecule has 0 bridgehead atoms. The molecule has 0 saturated heterocycles. The monoisotopic (exact) mass is 234 g/mol. The predicted octanol–water partition coefficient (Wildman–Crippen LogP) is 2.59. The molecule has 0 saturated carbocycles. The van der Waals surface area contributed by atoms with Crippen molar-refractivity contribution in [3.63, 3.8) is 0 Å². The largest absolute Gasteiger partial charge is 0.478 e. The van der Waals surface area contributed by atoms with Crippen LogP contribution in [0.2, 0.25) is 0 Å². The van der Waals surface area contributed by atoms with Crippen LogP contribution in [0.1, 0.15) is 17.3 Å². The Labute approximate surface area is 99.5 Å². The molecular formula is C13H14O4. The first-order chi connectivity index (χ1) is 8.07. The molecule has 0 heterocycles. The Balaban J connectivity index is 0.000000304. The van der Waals surface area contributed by atoms with E-state index in [1.165, 1.54) is 6.08 Å². The van der Waals surface area contributed by atoms with E-state index in [0.717, 1.165) is 6.08 Å². The molecule has 0 aromatic heterocycles. The van der Waals surface area contributed by atoms with E-state index >= 15 is 0 Å². The van der Waals surface area contributed by atoms with Gasteiger partial charge in [0.2, 0.25) is 0 Å². The van der Waals surface area contributed by atoms with Gasteiger partial charge in [0.25, 0.3) is 0 Å². The summed E-state index contributed by atoms with van der Waals surface area (Å²) in [6.07, 6.45) is 5.98. The van der Waals surface area contributed by atoms with Crippen LogP contribution in [0.4, 0.5) is 0 Å². The molecule has 0 aliphatic heterocycles. The van der Waals surface area contributed by atoms with Crippen molar-refractivity contribution in [3.8, 4) is 0 Å². The molecular weight excluding hydrogens is 220 g/mol. The number of benzene rings is 1. The van der Waals surface area contributed by atoms with Crippen molar-refractivity contribution in [2.24, 2.45) is 0 Å². The number of aromatic carboxylic acids is 1. The van der Waals surface area contributed by atoms with E-state index in [9.17, 15) is 9.59 Å². The Morgan fingerprint density at radius 3 is 2.00 bits per heavy atom. The third kappa shape index (κ3) is 8.62. The molecule has 2 N–H and O–H groups in total. The van der Waals surface area contributed by atoms with E-state index in [1.54, 1.807) is 42.5 Å². The first-order valence-electron chi connectivity index (χ1n) is 4.88. The zero-order valence-corrected chi connectivity index (χ0v) is 9.41. The summed E-state index contributed by atoms with van der Waals surface area (Å²) in [5.41, 5.74) is 0.331. The van der Waals surface area contributed by atoms with Crippen LogP contribution in [-0.4, -0.2) is 22.2 Å². The van der Waals surface area contributed by atoms with E-state index in [-0.39, 0.29) is 0 Å². The lowest BCUT2D eigenvalue weighted by molar-refractivity contribution is -0.131. The van der Waals surface area contributed by atoms with Crippen LogP contribution in [0.15, 0.2) is 54.6 Å². The van der Waals surface area contributed by atoms with Gasteiger partial charge in [-0.2, -0.15) is 0 Å². The maximum Gasteiger partial charge on any atom is 0.335 e. The number of rotatable bonds is 3. The Morgan fingerprint density at radius 2 is 1.65 bits per heavy atom. The summed E-state index contributed by atoms with van der Waals surface area (Å²) < 4.78 is 0. The SMILES string of the molecule is C/C=C/C=C/C(=O)O.O=C(O)c1ccccc1. The zero-order valence-electron chi connectivity index (χ0n) is 9.41. The van der Waals surface area contributed by atoms with Gasteiger partial charge in [0.05, 0.1) is 5.56 Å². The molecule has 1 rings (SSSR count). The number of allylic oxidation sites excluding steroid dienone is 3. The molecule has 0 aliphatic carbocycles. The minimum absolute atomic E-state index is 0.331. The van der Waals surface area contributed by atoms with Gasteiger partial charge in [0.15, 0.2) is 0 Å². The Hall–Kier alpha value is -2.36. The second-order valence-electron chi connectivity index (χ2n) is 2.89. The van der Waals surface area contributed by atoms with E-state index in [2.05, 4.69) is 0 Å². The molecule has 0 unspecified atom stereocenters. The van der Waals surface area contributed by atoms with Gasteiger partial charge in [-0.05, 0) is 19.1 Å². The van der Waals surface area contributed by atoms with Crippen LogP contribution in [0.5, 0.6) is 0 Å². The zero-order chi connectivity index (χ0) is 13.1. The summed E-state index contributed by atoms with van der Waals surface area (Å²) in [7, 11) is 0. The maximum absolute atomic E-state index is 10.2. The highest BCUT2D eigenvalue weighted by Gasteiger charge is 1.96. The summed E-state index contributed by atoms with van der Waals surface area (Å²) in [6, 6.07) is 8.30. The van der Waals surface area contributed by atoms with E-state index in [4.69, 9.17) is 10.2 Å². The van der Waals surface area contributed by atoms with Crippen molar-refractivity contribution < 1.29 is 19.8 Å². The van der Waals surface area contributed by atoms with Gasteiger partial charge in [0.1, 0.15) is 0 Å². The summed E-state index contributed by atoms with van der Waals surface area (Å²) in [5.74, 6) is -1.79. The van der Waals surface area contributed by atoms with Crippen LogP contribution in [0.3, 0.4) is 0 Å². The second-order valence-corrected chi connectivity index (χ2v) is 2.89. The normalized spacial score (nSPS) is 9.94. The van der Waals surface area contributed by atoms with Crippen molar-refractivity contribution in [2.75, 3.05) is 0 Å². The lowest BCUT2D eigenvalue weighted by atomic mass is 10.2. The molecule has 0 spiro atoms. The maximum atomic E-state index is 10.2. The number of carbonyl (C=O) groups is 2. The van der Waals surface area contributed by atoms with Crippen molar-refractivity contribution in [1.82, 2.24) is 0 Å². The van der Waals surface area contributed by atoms with Crippen LogP contribution in [-0.2, 0) is 4.79 Å². The fraction of sp³-hybridized carbons (Fsp3) is 0.0769. The lowest BCUT2D eigenvalue weighted by Crippen LogP contribution is -1.93. The van der Waals surface area contributed by atoms with Crippen LogP contribution < -0.4 is 0 Å². The summed E-state index contributed by atoms with van der Waals surface area (Å²) in [5, 5.41) is 16.4. The summed E-state index contributed by atoms with van der Waals surface area (Å²) in [4.78, 5) is 20.0. The number of hydrogen-bond acceptors (Lipinski definition) is 2. The highest BCUT2D eigenvalue weighted by atomic mass is 16.4. The van der Waals surface area contributed by atoms with Gasteiger partial charge < -0.3 is 10.2 Å². The van der Waals surface area contributed by atoms with Gasteiger partial charge >= 0.3 is 11.9 Å². The quantitative estimate of drug-likeness (QED) is 0.622. The van der Waals surface area contributed by atoms with Gasteiger partial charge in [-0.1, -0.05) is 36.4 Å². The molecule has 1 aromatic carbocycles. The van der Waals surface area contributed by atoms with E-state index < -0.39 is 11.9 Å². The minimum atomic E-state index is -0.914. The molecule has 0 atom stereocenters. The Bertz CT molecular complexity index is 405. The van der Waals surface area contributed by atoms with Crippen LogP contribution in [0.25, 0.3) is 0 Å². The fourth-order valence-corrected chi connectivity index (χ4v) is 0.830. The van der Waals surface area contributed by atoms with Gasteiger partial charge in [-0.3, -0.25) is 0 Å². The Morgan fingerprint density at radius 1 is 1.06 bits per heavy atom. The number of aliphatic carboxylic acids is 1. The molecule has 4 nitrogen and oxygen atoms in total. The summed E-state index contributed by atoms with van der Waals surface area (Å²) >= 11 is 0. The number of hydrogen-bond donors (Lipinski definition) is 2. The average Bonchev–Trinajstić information content (AvgIpc) is 2.31. The van der Waals surface area contributed by atoms with Crippen LogP contribution in [0, 0.1) is 0 Å². The van der Waals surface area contributed by atoms with Crippen LogP contribution >= 0.6 is 0 Å². The average molecular weight is 234 g/mol. The van der Waals surface area contributed by atoms with E-state index in [0.29, 0.717) is 5.56 Å². The van der Waals surface area contributed by atoms with Crippen molar-refractivity contribution in [3.05, 3.63) is 60.2 Å².